The first-order chi connectivity index (χ1) is 15.1. The van der Waals surface area contributed by atoms with Crippen LogP contribution in [0.1, 0.15) is 111 Å². The summed E-state index contributed by atoms with van der Waals surface area (Å²) in [5, 5.41) is 27.7. The molecule has 4 N–H and O–H groups in total. The zero-order valence-electron chi connectivity index (χ0n) is 21.3. The van der Waals surface area contributed by atoms with E-state index in [1.165, 1.54) is 77.0 Å². The lowest BCUT2D eigenvalue weighted by molar-refractivity contribution is 0.0682. The molecule has 0 saturated heterocycles. The summed E-state index contributed by atoms with van der Waals surface area (Å²) in [6, 6.07) is 0. The van der Waals surface area contributed by atoms with E-state index in [4.69, 9.17) is 0 Å². The molecule has 5 heteroatoms. The predicted molar refractivity (Wildman–Crippen MR) is 136 cm³/mol. The van der Waals surface area contributed by atoms with E-state index in [0.29, 0.717) is 26.2 Å². The highest BCUT2D eigenvalue weighted by molar-refractivity contribution is 4.72. The van der Waals surface area contributed by atoms with Crippen LogP contribution in [0.4, 0.5) is 0 Å². The number of nitrogens with zero attached hydrogens (tertiary/aromatic N) is 1. The molecule has 0 spiro atoms. The monoisotopic (exact) mass is 443 g/mol. The van der Waals surface area contributed by atoms with Crippen molar-refractivity contribution in [2.24, 2.45) is 0 Å². The zero-order valence-corrected chi connectivity index (χ0v) is 21.3. The average Bonchev–Trinajstić information content (AvgIpc) is 2.75. The van der Waals surface area contributed by atoms with Gasteiger partial charge in [0.05, 0.1) is 12.2 Å². The summed E-state index contributed by atoms with van der Waals surface area (Å²) >= 11 is 0. The Balaban J connectivity index is 3.88. The van der Waals surface area contributed by atoms with Crippen molar-refractivity contribution in [2.45, 2.75) is 123 Å². The Labute approximate surface area is 194 Å². The van der Waals surface area contributed by atoms with Crippen LogP contribution in [-0.4, -0.2) is 73.1 Å². The molecule has 0 aromatic rings. The summed E-state index contributed by atoms with van der Waals surface area (Å²) in [6.07, 6.45) is 17.1. The Morgan fingerprint density at radius 1 is 0.548 bits per heavy atom. The van der Waals surface area contributed by atoms with E-state index in [2.05, 4.69) is 36.3 Å². The third kappa shape index (κ3) is 22.8. The minimum absolute atomic E-state index is 0.375. The quantitative estimate of drug-likeness (QED) is 0.154. The fraction of sp³-hybridized carbons (Fsp3) is 1.00. The Hall–Kier alpha value is -0.200. The number of rotatable bonds is 25. The summed E-state index contributed by atoms with van der Waals surface area (Å²) in [6.45, 7) is 12.2. The lowest BCUT2D eigenvalue weighted by Crippen LogP contribution is -2.44. The van der Waals surface area contributed by atoms with Crippen LogP contribution in [0.3, 0.4) is 0 Å². The van der Waals surface area contributed by atoms with E-state index in [0.717, 1.165) is 32.5 Å². The van der Waals surface area contributed by atoms with Gasteiger partial charge in [-0.15, -0.1) is 0 Å². The lowest BCUT2D eigenvalue weighted by atomic mass is 10.1. The molecule has 188 valence electrons. The second kappa shape index (κ2) is 24.4. The van der Waals surface area contributed by atoms with E-state index in [-0.39, 0.29) is 12.2 Å². The molecule has 0 aliphatic rings. The molecule has 5 nitrogen and oxygen atoms in total. The zero-order chi connectivity index (χ0) is 23.0. The molecule has 0 bridgehead atoms. The lowest BCUT2D eigenvalue weighted by Gasteiger charge is -2.27. The molecule has 0 aliphatic carbocycles. The molecular formula is C26H57N3O2. The van der Waals surface area contributed by atoms with Crippen molar-refractivity contribution in [3.05, 3.63) is 0 Å². The normalized spacial score (nSPS) is 13.7. The number of aliphatic hydroxyl groups is 2. The number of unbranched alkanes of at least 4 members (excludes halogenated alkanes) is 11. The van der Waals surface area contributed by atoms with Gasteiger partial charge in [-0.2, -0.15) is 0 Å². The fourth-order valence-electron chi connectivity index (χ4n) is 3.96. The summed E-state index contributed by atoms with van der Waals surface area (Å²) in [7, 11) is 0. The van der Waals surface area contributed by atoms with E-state index in [9.17, 15) is 10.2 Å². The van der Waals surface area contributed by atoms with E-state index >= 15 is 0 Å². The van der Waals surface area contributed by atoms with Crippen LogP contribution < -0.4 is 10.6 Å². The topological polar surface area (TPSA) is 67.8 Å². The first-order valence-corrected chi connectivity index (χ1v) is 13.6. The van der Waals surface area contributed by atoms with Gasteiger partial charge in [0.1, 0.15) is 0 Å². The van der Waals surface area contributed by atoms with Gasteiger partial charge in [0.2, 0.25) is 0 Å². The molecule has 2 unspecified atom stereocenters. The number of nitrogens with one attached hydrogen (secondary N) is 2. The Bertz CT molecular complexity index is 317. The predicted octanol–water partition coefficient (Wildman–Crippen LogP) is 4.71. The van der Waals surface area contributed by atoms with Gasteiger partial charge in [0.15, 0.2) is 0 Å². The van der Waals surface area contributed by atoms with Gasteiger partial charge in [-0.05, 0) is 38.9 Å². The molecule has 31 heavy (non-hydrogen) atoms. The molecule has 0 amide bonds. The molecule has 0 aliphatic heterocycles. The smallest absolute Gasteiger partial charge is 0.0791 e. The van der Waals surface area contributed by atoms with Gasteiger partial charge < -0.3 is 20.8 Å². The SMILES string of the molecule is CCCCCCCCNCC(O)CN(CCCC)CC(O)CNCCCCCCCC. The maximum absolute atomic E-state index is 10.4. The van der Waals surface area contributed by atoms with Crippen molar-refractivity contribution >= 4 is 0 Å². The van der Waals surface area contributed by atoms with Crippen molar-refractivity contribution in [2.75, 3.05) is 45.8 Å². The first-order valence-electron chi connectivity index (χ1n) is 13.6. The van der Waals surface area contributed by atoms with Crippen LogP contribution in [0, 0.1) is 0 Å². The molecule has 0 fully saturated rings. The highest BCUT2D eigenvalue weighted by Crippen LogP contribution is 2.05. The molecule has 0 rings (SSSR count). The minimum atomic E-state index is -0.375. The standard InChI is InChI=1S/C26H57N3O2/c1-4-7-10-12-14-16-18-27-21-25(30)23-29(20-9-6-3)24-26(31)22-28-19-17-15-13-11-8-5-2/h25-28,30-31H,4-24H2,1-3H3. The van der Waals surface area contributed by atoms with Crippen LogP contribution in [0.2, 0.25) is 0 Å². The first kappa shape index (κ1) is 30.8. The molecule has 0 saturated carbocycles. The van der Waals surface area contributed by atoms with E-state index in [1.807, 2.05) is 0 Å². The van der Waals surface area contributed by atoms with Crippen LogP contribution in [0.5, 0.6) is 0 Å². The molecule has 2 atom stereocenters. The summed E-state index contributed by atoms with van der Waals surface area (Å²) in [5.41, 5.74) is 0. The van der Waals surface area contributed by atoms with E-state index in [1.54, 1.807) is 0 Å². The van der Waals surface area contributed by atoms with Gasteiger partial charge >= 0.3 is 0 Å². The maximum Gasteiger partial charge on any atom is 0.0791 e. The van der Waals surface area contributed by atoms with Gasteiger partial charge in [-0.1, -0.05) is 91.4 Å². The summed E-state index contributed by atoms with van der Waals surface area (Å²) < 4.78 is 0. The van der Waals surface area contributed by atoms with Crippen LogP contribution in [-0.2, 0) is 0 Å². The van der Waals surface area contributed by atoms with Crippen molar-refractivity contribution in [1.82, 2.24) is 15.5 Å². The third-order valence-electron chi connectivity index (χ3n) is 5.94. The van der Waals surface area contributed by atoms with Crippen molar-refractivity contribution in [1.29, 1.82) is 0 Å². The van der Waals surface area contributed by atoms with Crippen molar-refractivity contribution in [3.63, 3.8) is 0 Å². The number of hydrogen-bond donors (Lipinski definition) is 4. The van der Waals surface area contributed by atoms with Gasteiger partial charge in [-0.3, -0.25) is 4.90 Å². The molecular weight excluding hydrogens is 386 g/mol. The highest BCUT2D eigenvalue weighted by atomic mass is 16.3. The largest absolute Gasteiger partial charge is 0.390 e. The Kier molecular flexibility index (Phi) is 24.3. The van der Waals surface area contributed by atoms with Crippen molar-refractivity contribution < 1.29 is 10.2 Å². The number of aliphatic hydroxyl groups excluding tert-OH is 2. The third-order valence-corrected chi connectivity index (χ3v) is 5.94. The minimum Gasteiger partial charge on any atom is -0.390 e. The van der Waals surface area contributed by atoms with Crippen LogP contribution in [0.25, 0.3) is 0 Å². The van der Waals surface area contributed by atoms with Gasteiger partial charge in [-0.25, -0.2) is 0 Å². The highest BCUT2D eigenvalue weighted by Gasteiger charge is 2.15. The van der Waals surface area contributed by atoms with E-state index < -0.39 is 0 Å². The second-order valence-electron chi connectivity index (χ2n) is 9.36. The van der Waals surface area contributed by atoms with Gasteiger partial charge in [0, 0.05) is 26.2 Å². The molecule has 0 radical (unpaired) electrons. The van der Waals surface area contributed by atoms with Crippen LogP contribution >= 0.6 is 0 Å². The molecule has 0 aromatic heterocycles. The summed E-state index contributed by atoms with van der Waals surface area (Å²) in [5.74, 6) is 0. The molecule has 0 aromatic carbocycles. The average molecular weight is 444 g/mol. The fourth-order valence-corrected chi connectivity index (χ4v) is 3.96. The van der Waals surface area contributed by atoms with Gasteiger partial charge in [0.25, 0.3) is 0 Å². The van der Waals surface area contributed by atoms with Crippen molar-refractivity contribution in [3.8, 4) is 0 Å². The Morgan fingerprint density at radius 2 is 0.935 bits per heavy atom. The molecule has 0 heterocycles. The van der Waals surface area contributed by atoms with Crippen LogP contribution in [0.15, 0.2) is 0 Å². The maximum atomic E-state index is 10.4. The number of hydrogen-bond acceptors (Lipinski definition) is 5. The Morgan fingerprint density at radius 3 is 1.35 bits per heavy atom. The summed E-state index contributed by atoms with van der Waals surface area (Å²) in [4.78, 5) is 2.23. The second-order valence-corrected chi connectivity index (χ2v) is 9.36.